The fraction of sp³-hybridized carbons (Fsp3) is 0.412. The molecule has 0 aliphatic rings. The SMILES string of the molecule is C=CCn1c(SCC(=O)NCCCCC)nnc1-c1ccncc1. The molecule has 6 nitrogen and oxygen atoms in total. The van der Waals surface area contributed by atoms with E-state index in [4.69, 9.17) is 0 Å². The normalized spacial score (nSPS) is 10.5. The van der Waals surface area contributed by atoms with Crippen molar-refractivity contribution in [2.24, 2.45) is 0 Å². The maximum Gasteiger partial charge on any atom is 0.230 e. The van der Waals surface area contributed by atoms with E-state index in [1.165, 1.54) is 11.8 Å². The van der Waals surface area contributed by atoms with E-state index in [2.05, 4.69) is 34.0 Å². The summed E-state index contributed by atoms with van der Waals surface area (Å²) in [4.78, 5) is 15.9. The minimum Gasteiger partial charge on any atom is -0.355 e. The summed E-state index contributed by atoms with van der Waals surface area (Å²) in [5.41, 5.74) is 0.940. The van der Waals surface area contributed by atoms with Crippen LogP contribution in [-0.2, 0) is 11.3 Å². The molecular formula is C17H23N5OS. The number of hydrogen-bond donors (Lipinski definition) is 1. The van der Waals surface area contributed by atoms with Gasteiger partial charge in [0, 0.05) is 31.0 Å². The Morgan fingerprint density at radius 3 is 2.83 bits per heavy atom. The maximum atomic E-state index is 11.9. The van der Waals surface area contributed by atoms with Crippen LogP contribution in [0.15, 0.2) is 42.3 Å². The minimum absolute atomic E-state index is 0.0229. The molecule has 128 valence electrons. The number of carbonyl (C=O) groups is 1. The van der Waals surface area contributed by atoms with E-state index in [1.54, 1.807) is 18.5 Å². The first kappa shape index (κ1) is 18.2. The predicted molar refractivity (Wildman–Crippen MR) is 96.7 cm³/mol. The van der Waals surface area contributed by atoms with Gasteiger partial charge in [-0.05, 0) is 18.6 Å². The third-order valence-electron chi connectivity index (χ3n) is 3.40. The molecule has 2 aromatic rings. The van der Waals surface area contributed by atoms with E-state index < -0.39 is 0 Å². The van der Waals surface area contributed by atoms with Gasteiger partial charge in [-0.15, -0.1) is 16.8 Å². The van der Waals surface area contributed by atoms with Gasteiger partial charge in [0.1, 0.15) is 0 Å². The van der Waals surface area contributed by atoms with E-state index in [1.807, 2.05) is 16.7 Å². The van der Waals surface area contributed by atoms with Gasteiger partial charge in [-0.3, -0.25) is 14.3 Å². The number of nitrogens with one attached hydrogen (secondary N) is 1. The standard InChI is InChI=1S/C17H23N5OS/c1-3-5-6-9-19-15(23)13-24-17-21-20-16(22(17)12-4-2)14-7-10-18-11-8-14/h4,7-8,10-11H,2-3,5-6,9,12-13H2,1H3,(H,19,23). The van der Waals surface area contributed by atoms with E-state index in [-0.39, 0.29) is 5.91 Å². The molecule has 2 rings (SSSR count). The summed E-state index contributed by atoms with van der Waals surface area (Å²) >= 11 is 1.39. The molecule has 0 unspecified atom stereocenters. The Morgan fingerprint density at radius 2 is 2.12 bits per heavy atom. The van der Waals surface area contributed by atoms with Gasteiger partial charge in [0.2, 0.25) is 5.91 Å². The third kappa shape index (κ3) is 5.19. The molecule has 0 fully saturated rings. The van der Waals surface area contributed by atoms with Crippen LogP contribution in [0.3, 0.4) is 0 Å². The fourth-order valence-electron chi connectivity index (χ4n) is 2.19. The Kier molecular flexibility index (Phi) is 7.48. The first-order chi connectivity index (χ1) is 11.8. The first-order valence-corrected chi connectivity index (χ1v) is 9.08. The zero-order valence-corrected chi connectivity index (χ0v) is 14.8. The Morgan fingerprint density at radius 1 is 1.33 bits per heavy atom. The van der Waals surface area contributed by atoms with E-state index >= 15 is 0 Å². The largest absolute Gasteiger partial charge is 0.355 e. The van der Waals surface area contributed by atoms with Crippen molar-refractivity contribution < 1.29 is 4.79 Å². The van der Waals surface area contributed by atoms with Gasteiger partial charge in [0.05, 0.1) is 5.75 Å². The molecule has 2 heterocycles. The van der Waals surface area contributed by atoms with Gasteiger partial charge in [-0.2, -0.15) is 0 Å². The number of thioether (sulfide) groups is 1. The van der Waals surface area contributed by atoms with Crippen LogP contribution in [-0.4, -0.2) is 38.0 Å². The number of amides is 1. The summed E-state index contributed by atoms with van der Waals surface area (Å²) in [5.74, 6) is 1.11. The number of hydrogen-bond acceptors (Lipinski definition) is 5. The van der Waals surface area contributed by atoms with Gasteiger partial charge in [0.25, 0.3) is 0 Å². The zero-order chi connectivity index (χ0) is 17.2. The monoisotopic (exact) mass is 345 g/mol. The van der Waals surface area contributed by atoms with Crippen molar-refractivity contribution in [3.8, 4) is 11.4 Å². The zero-order valence-electron chi connectivity index (χ0n) is 13.9. The number of allylic oxidation sites excluding steroid dienone is 1. The lowest BCUT2D eigenvalue weighted by Crippen LogP contribution is -2.26. The third-order valence-corrected chi connectivity index (χ3v) is 4.37. The molecule has 2 aromatic heterocycles. The lowest BCUT2D eigenvalue weighted by atomic mass is 10.2. The Hall–Kier alpha value is -2.15. The average Bonchev–Trinajstić information content (AvgIpc) is 3.01. The molecule has 7 heteroatoms. The van der Waals surface area contributed by atoms with Crippen LogP contribution in [0.25, 0.3) is 11.4 Å². The molecular weight excluding hydrogens is 322 g/mol. The van der Waals surface area contributed by atoms with Crippen molar-refractivity contribution in [2.45, 2.75) is 37.9 Å². The molecule has 0 spiro atoms. The molecule has 0 atom stereocenters. The highest BCUT2D eigenvalue weighted by Gasteiger charge is 2.14. The van der Waals surface area contributed by atoms with Gasteiger partial charge in [-0.1, -0.05) is 37.6 Å². The van der Waals surface area contributed by atoms with E-state index in [9.17, 15) is 4.79 Å². The van der Waals surface area contributed by atoms with Crippen molar-refractivity contribution in [1.82, 2.24) is 25.1 Å². The Bertz CT molecular complexity index is 656. The second-order valence-corrected chi connectivity index (χ2v) is 6.23. The topological polar surface area (TPSA) is 72.7 Å². The van der Waals surface area contributed by atoms with E-state index in [0.29, 0.717) is 17.5 Å². The highest BCUT2D eigenvalue weighted by molar-refractivity contribution is 7.99. The van der Waals surface area contributed by atoms with Crippen molar-refractivity contribution in [2.75, 3.05) is 12.3 Å². The molecule has 24 heavy (non-hydrogen) atoms. The molecule has 0 aromatic carbocycles. The van der Waals surface area contributed by atoms with Gasteiger partial charge in [-0.25, -0.2) is 0 Å². The molecule has 1 amide bonds. The van der Waals surface area contributed by atoms with Crippen LogP contribution in [0, 0.1) is 0 Å². The van der Waals surface area contributed by atoms with Gasteiger partial charge >= 0.3 is 0 Å². The summed E-state index contributed by atoms with van der Waals surface area (Å²) in [5, 5.41) is 12.1. The summed E-state index contributed by atoms with van der Waals surface area (Å²) in [6.45, 7) is 7.25. The number of nitrogens with zero attached hydrogens (tertiary/aromatic N) is 4. The van der Waals surface area contributed by atoms with Crippen molar-refractivity contribution >= 4 is 17.7 Å². The van der Waals surface area contributed by atoms with Crippen LogP contribution in [0.5, 0.6) is 0 Å². The van der Waals surface area contributed by atoms with Crippen LogP contribution in [0.1, 0.15) is 26.2 Å². The van der Waals surface area contributed by atoms with Crippen molar-refractivity contribution in [3.63, 3.8) is 0 Å². The van der Waals surface area contributed by atoms with Crippen LogP contribution in [0.2, 0.25) is 0 Å². The summed E-state index contributed by atoms with van der Waals surface area (Å²) in [6, 6.07) is 3.77. The van der Waals surface area contributed by atoms with Crippen LogP contribution in [0.4, 0.5) is 0 Å². The minimum atomic E-state index is 0.0229. The highest BCUT2D eigenvalue weighted by atomic mass is 32.2. The summed E-state index contributed by atoms with van der Waals surface area (Å²) in [7, 11) is 0. The summed E-state index contributed by atoms with van der Waals surface area (Å²) < 4.78 is 1.96. The molecule has 0 saturated carbocycles. The van der Waals surface area contributed by atoms with Gasteiger partial charge < -0.3 is 5.32 Å². The number of aromatic nitrogens is 4. The summed E-state index contributed by atoms with van der Waals surface area (Å²) in [6.07, 6.45) is 8.54. The van der Waals surface area contributed by atoms with Crippen molar-refractivity contribution in [3.05, 3.63) is 37.2 Å². The van der Waals surface area contributed by atoms with Gasteiger partial charge in [0.15, 0.2) is 11.0 Å². The lowest BCUT2D eigenvalue weighted by Gasteiger charge is -2.08. The second kappa shape index (κ2) is 9.87. The van der Waals surface area contributed by atoms with Crippen LogP contribution < -0.4 is 5.32 Å². The number of pyridine rings is 1. The maximum absolute atomic E-state index is 11.9. The first-order valence-electron chi connectivity index (χ1n) is 8.10. The average molecular weight is 345 g/mol. The quantitative estimate of drug-likeness (QED) is 0.407. The fourth-order valence-corrected chi connectivity index (χ4v) is 2.97. The predicted octanol–water partition coefficient (Wildman–Crippen LogP) is 2.92. The highest BCUT2D eigenvalue weighted by Crippen LogP contribution is 2.23. The lowest BCUT2D eigenvalue weighted by molar-refractivity contribution is -0.118. The second-order valence-electron chi connectivity index (χ2n) is 5.29. The van der Waals surface area contributed by atoms with Crippen molar-refractivity contribution in [1.29, 1.82) is 0 Å². The molecule has 0 radical (unpaired) electrons. The Balaban J connectivity index is 1.99. The number of unbranched alkanes of at least 4 members (excludes halogenated alkanes) is 2. The molecule has 1 N–H and O–H groups in total. The molecule has 0 aliphatic heterocycles. The molecule has 0 aliphatic carbocycles. The molecule has 0 saturated heterocycles. The number of carbonyl (C=O) groups excluding carboxylic acids is 1. The van der Waals surface area contributed by atoms with E-state index in [0.717, 1.165) is 37.2 Å². The molecule has 0 bridgehead atoms. The smallest absolute Gasteiger partial charge is 0.230 e. The Labute approximate surface area is 146 Å². The number of rotatable bonds is 10. The van der Waals surface area contributed by atoms with Crippen LogP contribution >= 0.6 is 11.8 Å².